The monoisotopic (exact) mass is 268 g/mol. The summed E-state index contributed by atoms with van der Waals surface area (Å²) in [6.45, 7) is 0. The Balaban J connectivity index is 3.24. The summed E-state index contributed by atoms with van der Waals surface area (Å²) < 4.78 is 45.1. The van der Waals surface area contributed by atoms with Crippen molar-refractivity contribution in [2.75, 3.05) is 7.11 Å². The number of ether oxygens (including phenoxy) is 2. The van der Waals surface area contributed by atoms with E-state index in [0.29, 0.717) is 0 Å². The summed E-state index contributed by atoms with van der Waals surface area (Å²) in [7, 11) is 0.902. The molecule has 94 valence electrons. The molecule has 1 atom stereocenters. The van der Waals surface area contributed by atoms with Crippen LogP contribution in [0.5, 0.6) is 0 Å². The zero-order valence-corrected chi connectivity index (χ0v) is 9.38. The Labute approximate surface area is 100 Å². The molecule has 0 aromatic heterocycles. The molecule has 1 rings (SSSR count). The summed E-state index contributed by atoms with van der Waals surface area (Å²) in [5, 5.41) is -1.41. The summed E-state index contributed by atoms with van der Waals surface area (Å²) in [5.41, 5.74) is -0.139. The van der Waals surface area contributed by atoms with Crippen LogP contribution in [0.1, 0.15) is 5.56 Å². The Morgan fingerprint density at radius 1 is 1.24 bits per heavy atom. The van der Waals surface area contributed by atoms with Gasteiger partial charge in [-0.05, 0) is 11.6 Å². The highest BCUT2D eigenvalue weighted by molar-refractivity contribution is 6.65. The lowest BCUT2D eigenvalue weighted by Gasteiger charge is -2.29. The van der Waals surface area contributed by atoms with Gasteiger partial charge in [-0.2, -0.15) is 0 Å². The van der Waals surface area contributed by atoms with Gasteiger partial charge in [0.1, 0.15) is 0 Å². The van der Waals surface area contributed by atoms with E-state index in [2.05, 4.69) is 9.47 Å². The number of benzene rings is 1. The highest BCUT2D eigenvalue weighted by Crippen LogP contribution is 2.36. The molecule has 1 aromatic rings. The molecule has 0 spiro atoms. The van der Waals surface area contributed by atoms with E-state index in [9.17, 15) is 18.0 Å². The van der Waals surface area contributed by atoms with Crippen LogP contribution in [0.4, 0.5) is 13.2 Å². The Kier molecular flexibility index (Phi) is 4.13. The molecule has 0 heterocycles. The van der Waals surface area contributed by atoms with Crippen LogP contribution in [0.25, 0.3) is 0 Å². The second-order valence-corrected chi connectivity index (χ2v) is 3.35. The van der Waals surface area contributed by atoms with Crippen molar-refractivity contribution in [3.05, 3.63) is 35.9 Å². The number of halogens is 4. The van der Waals surface area contributed by atoms with Gasteiger partial charge in [0.05, 0.1) is 0 Å². The zero-order valence-electron chi connectivity index (χ0n) is 8.62. The van der Waals surface area contributed by atoms with Crippen LogP contribution in [0.15, 0.2) is 30.3 Å². The third kappa shape index (κ3) is 3.18. The van der Waals surface area contributed by atoms with Crippen LogP contribution in [-0.2, 0) is 20.1 Å². The SMILES string of the molecule is CO[C@@](OC(F)(F)F)(C(=O)Cl)c1ccccc1. The molecule has 0 unspecified atom stereocenters. The standard InChI is InChI=1S/C10H8ClF3O3/c1-16-9(8(11)15,17-10(12,13)14)7-5-3-2-4-6-7/h2-6H,1H3/t9-/m0/s1. The molecule has 0 aliphatic carbocycles. The largest absolute Gasteiger partial charge is 0.525 e. The lowest BCUT2D eigenvalue weighted by Crippen LogP contribution is -2.42. The average Bonchev–Trinajstić information content (AvgIpc) is 2.25. The average molecular weight is 269 g/mol. The Bertz CT molecular complexity index is 394. The highest BCUT2D eigenvalue weighted by Gasteiger charge is 2.50. The zero-order chi connectivity index (χ0) is 13.1. The lowest BCUT2D eigenvalue weighted by atomic mass is 10.1. The van der Waals surface area contributed by atoms with E-state index in [0.717, 1.165) is 7.11 Å². The van der Waals surface area contributed by atoms with Crippen LogP contribution >= 0.6 is 11.6 Å². The third-order valence-corrected chi connectivity index (χ3v) is 2.21. The van der Waals surface area contributed by atoms with Crippen molar-refractivity contribution in [3.8, 4) is 0 Å². The van der Waals surface area contributed by atoms with Crippen molar-refractivity contribution in [2.24, 2.45) is 0 Å². The predicted octanol–water partition coefficient (Wildman–Crippen LogP) is 2.79. The van der Waals surface area contributed by atoms with Crippen molar-refractivity contribution in [1.82, 2.24) is 0 Å². The van der Waals surface area contributed by atoms with Crippen molar-refractivity contribution < 1.29 is 27.4 Å². The first-order chi connectivity index (χ1) is 7.82. The summed E-state index contributed by atoms with van der Waals surface area (Å²) in [5.74, 6) is -2.68. The van der Waals surface area contributed by atoms with Gasteiger partial charge in [0.25, 0.3) is 11.0 Å². The summed E-state index contributed by atoms with van der Waals surface area (Å²) in [6.07, 6.45) is -5.06. The van der Waals surface area contributed by atoms with Gasteiger partial charge in [-0.3, -0.25) is 4.79 Å². The van der Waals surface area contributed by atoms with Gasteiger partial charge in [0.15, 0.2) is 0 Å². The van der Waals surface area contributed by atoms with E-state index in [1.165, 1.54) is 24.3 Å². The molecule has 0 amide bonds. The van der Waals surface area contributed by atoms with Crippen LogP contribution in [0.3, 0.4) is 0 Å². The van der Waals surface area contributed by atoms with E-state index < -0.39 is 17.4 Å². The molecular weight excluding hydrogens is 261 g/mol. The van der Waals surface area contributed by atoms with Crippen LogP contribution < -0.4 is 0 Å². The molecule has 3 nitrogen and oxygen atoms in total. The number of rotatable bonds is 4. The fourth-order valence-electron chi connectivity index (χ4n) is 1.27. The molecule has 1 aromatic carbocycles. The molecule has 0 aliphatic heterocycles. The number of carbonyl (C=O) groups is 1. The van der Waals surface area contributed by atoms with Gasteiger partial charge in [0, 0.05) is 12.7 Å². The Morgan fingerprint density at radius 3 is 2.12 bits per heavy atom. The number of carbonyl (C=O) groups excluding carboxylic acids is 1. The first kappa shape index (κ1) is 14.0. The first-order valence-electron chi connectivity index (χ1n) is 4.39. The number of methoxy groups -OCH3 is 1. The highest BCUT2D eigenvalue weighted by atomic mass is 35.5. The first-order valence-corrected chi connectivity index (χ1v) is 4.77. The molecular formula is C10H8ClF3O3. The van der Waals surface area contributed by atoms with Gasteiger partial charge in [-0.15, -0.1) is 13.2 Å². The molecule has 0 radical (unpaired) electrons. The molecule has 0 fully saturated rings. The summed E-state index contributed by atoms with van der Waals surface area (Å²) in [4.78, 5) is 11.2. The predicted molar refractivity (Wildman–Crippen MR) is 53.1 cm³/mol. The molecule has 7 heteroatoms. The van der Waals surface area contributed by atoms with E-state index in [1.807, 2.05) is 0 Å². The van der Waals surface area contributed by atoms with Gasteiger partial charge in [0.2, 0.25) is 0 Å². The maximum absolute atomic E-state index is 12.3. The van der Waals surface area contributed by atoms with Crippen molar-refractivity contribution in [3.63, 3.8) is 0 Å². The van der Waals surface area contributed by atoms with Crippen molar-refractivity contribution in [1.29, 1.82) is 0 Å². The topological polar surface area (TPSA) is 35.5 Å². The maximum Gasteiger partial charge on any atom is 0.525 e. The fraction of sp³-hybridized carbons (Fsp3) is 0.300. The number of hydrogen-bond donors (Lipinski definition) is 0. The minimum absolute atomic E-state index is 0.139. The number of alkyl halides is 3. The quantitative estimate of drug-likeness (QED) is 0.622. The van der Waals surface area contributed by atoms with Crippen LogP contribution in [0, 0.1) is 0 Å². The third-order valence-electron chi connectivity index (χ3n) is 1.96. The summed E-state index contributed by atoms with van der Waals surface area (Å²) in [6, 6.07) is 6.92. The van der Waals surface area contributed by atoms with E-state index in [1.54, 1.807) is 6.07 Å². The second kappa shape index (κ2) is 5.03. The lowest BCUT2D eigenvalue weighted by molar-refractivity contribution is -0.404. The Hall–Kier alpha value is -1.11. The van der Waals surface area contributed by atoms with E-state index >= 15 is 0 Å². The molecule has 0 saturated heterocycles. The van der Waals surface area contributed by atoms with Crippen molar-refractivity contribution in [2.45, 2.75) is 12.1 Å². The molecule has 0 N–H and O–H groups in total. The maximum atomic E-state index is 12.3. The second-order valence-electron chi connectivity index (χ2n) is 3.01. The van der Waals surface area contributed by atoms with E-state index in [-0.39, 0.29) is 5.56 Å². The molecule has 17 heavy (non-hydrogen) atoms. The van der Waals surface area contributed by atoms with Crippen LogP contribution in [-0.4, -0.2) is 18.7 Å². The van der Waals surface area contributed by atoms with Crippen LogP contribution in [0.2, 0.25) is 0 Å². The van der Waals surface area contributed by atoms with Gasteiger partial charge in [-0.1, -0.05) is 30.3 Å². The van der Waals surface area contributed by atoms with Gasteiger partial charge < -0.3 is 4.74 Å². The normalized spacial score (nSPS) is 15.4. The van der Waals surface area contributed by atoms with E-state index in [4.69, 9.17) is 11.6 Å². The molecule has 0 bridgehead atoms. The molecule has 0 saturated carbocycles. The minimum atomic E-state index is -5.06. The molecule has 0 aliphatic rings. The Morgan fingerprint density at radius 2 is 1.76 bits per heavy atom. The van der Waals surface area contributed by atoms with Gasteiger partial charge >= 0.3 is 6.36 Å². The number of hydrogen-bond acceptors (Lipinski definition) is 3. The smallest absolute Gasteiger partial charge is 0.342 e. The van der Waals surface area contributed by atoms with Gasteiger partial charge in [-0.25, -0.2) is 4.74 Å². The van der Waals surface area contributed by atoms with Crippen molar-refractivity contribution >= 4 is 16.8 Å². The fourth-order valence-corrected chi connectivity index (χ4v) is 1.50. The minimum Gasteiger partial charge on any atom is -0.342 e. The summed E-state index contributed by atoms with van der Waals surface area (Å²) >= 11 is 5.15.